The summed E-state index contributed by atoms with van der Waals surface area (Å²) in [6, 6.07) is 9.52. The third kappa shape index (κ3) is 1.31. The van der Waals surface area contributed by atoms with E-state index in [-0.39, 0.29) is 5.75 Å². The number of phenols is 1. The number of nitrogen functional groups attached to an aromatic ring is 1. The first-order valence-corrected chi connectivity index (χ1v) is 4.16. The lowest BCUT2D eigenvalue weighted by Crippen LogP contribution is -1.85. The molecule has 0 aliphatic carbocycles. The number of benzene rings is 2. The molecule has 2 aromatic rings. The lowest BCUT2D eigenvalue weighted by atomic mass is 10.1. The van der Waals surface area contributed by atoms with Crippen LogP contribution in [-0.2, 0) is 0 Å². The van der Waals surface area contributed by atoms with Gasteiger partial charge in [-0.3, -0.25) is 0 Å². The van der Waals surface area contributed by atoms with Gasteiger partial charge in [0, 0.05) is 0 Å². The molecule has 0 spiro atoms. The summed E-state index contributed by atoms with van der Waals surface area (Å²) in [5, 5.41) is 11.5. The number of aromatic hydroxyl groups is 1. The number of anilines is 1. The number of nitrogens with two attached hydrogens (primary N) is 1. The molecule has 0 bridgehead atoms. The monoisotopic (exact) mass is 173 g/mol. The van der Waals surface area contributed by atoms with Crippen molar-refractivity contribution in [3.63, 3.8) is 0 Å². The molecular weight excluding hydrogens is 162 g/mol. The molecule has 3 N–H and O–H groups in total. The number of aryl methyl sites for hydroxylation is 1. The molecule has 0 radical (unpaired) electrons. The first-order chi connectivity index (χ1) is 6.16. The molecule has 0 saturated heterocycles. The molecule has 2 rings (SSSR count). The molecule has 2 nitrogen and oxygen atoms in total. The molecule has 0 heterocycles. The van der Waals surface area contributed by atoms with Gasteiger partial charge in [-0.15, -0.1) is 0 Å². The van der Waals surface area contributed by atoms with Gasteiger partial charge in [-0.2, -0.15) is 0 Å². The molecule has 0 fully saturated rings. The number of rotatable bonds is 0. The molecule has 2 aromatic carbocycles. The average molecular weight is 173 g/mol. The molecule has 66 valence electrons. The highest BCUT2D eigenvalue weighted by molar-refractivity contribution is 5.88. The van der Waals surface area contributed by atoms with Gasteiger partial charge in [0.15, 0.2) is 0 Å². The summed E-state index contributed by atoms with van der Waals surface area (Å²) < 4.78 is 0. The zero-order chi connectivity index (χ0) is 9.42. The van der Waals surface area contributed by atoms with Crippen molar-refractivity contribution >= 4 is 16.5 Å². The quantitative estimate of drug-likeness (QED) is 0.474. The fourth-order valence-electron chi connectivity index (χ4n) is 1.42. The third-order valence-corrected chi connectivity index (χ3v) is 2.14. The number of fused-ring (bicyclic) bond motifs is 1. The van der Waals surface area contributed by atoms with Gasteiger partial charge in [0.05, 0.1) is 5.69 Å². The number of hydrogen-bond donors (Lipinski definition) is 2. The zero-order valence-electron chi connectivity index (χ0n) is 7.41. The second-order valence-electron chi connectivity index (χ2n) is 3.26. The van der Waals surface area contributed by atoms with E-state index in [4.69, 9.17) is 5.73 Å². The van der Waals surface area contributed by atoms with Gasteiger partial charge in [0.1, 0.15) is 5.75 Å². The van der Waals surface area contributed by atoms with E-state index in [0.29, 0.717) is 5.69 Å². The van der Waals surface area contributed by atoms with Crippen LogP contribution in [-0.4, -0.2) is 5.11 Å². The Labute approximate surface area is 76.6 Å². The SMILES string of the molecule is Cc1ccc2cc(N)c(O)cc2c1. The van der Waals surface area contributed by atoms with Crippen molar-refractivity contribution in [2.45, 2.75) is 6.92 Å². The van der Waals surface area contributed by atoms with E-state index in [1.54, 1.807) is 12.1 Å². The smallest absolute Gasteiger partial charge is 0.139 e. The Morgan fingerprint density at radius 3 is 2.62 bits per heavy atom. The Morgan fingerprint density at radius 1 is 1.08 bits per heavy atom. The molecular formula is C11H11NO. The lowest BCUT2D eigenvalue weighted by Gasteiger charge is -2.03. The van der Waals surface area contributed by atoms with Gasteiger partial charge in [0.25, 0.3) is 0 Å². The molecule has 0 amide bonds. The molecule has 0 aromatic heterocycles. The van der Waals surface area contributed by atoms with Crippen LogP contribution in [0.3, 0.4) is 0 Å². The van der Waals surface area contributed by atoms with E-state index < -0.39 is 0 Å². The van der Waals surface area contributed by atoms with Gasteiger partial charge < -0.3 is 10.8 Å². The van der Waals surface area contributed by atoms with Gasteiger partial charge >= 0.3 is 0 Å². The van der Waals surface area contributed by atoms with Crippen LogP contribution in [0.25, 0.3) is 10.8 Å². The Morgan fingerprint density at radius 2 is 1.85 bits per heavy atom. The van der Waals surface area contributed by atoms with Crippen LogP contribution in [0.2, 0.25) is 0 Å². The van der Waals surface area contributed by atoms with E-state index in [1.807, 2.05) is 25.1 Å². The fraction of sp³-hybridized carbons (Fsp3) is 0.0909. The first-order valence-electron chi connectivity index (χ1n) is 4.16. The standard InChI is InChI=1S/C11H11NO/c1-7-2-3-8-5-10(12)11(13)6-9(8)4-7/h2-6,13H,12H2,1H3. The van der Waals surface area contributed by atoms with E-state index in [0.717, 1.165) is 10.8 Å². The molecule has 0 aliphatic rings. The van der Waals surface area contributed by atoms with Gasteiger partial charge in [0.2, 0.25) is 0 Å². The van der Waals surface area contributed by atoms with Crippen molar-refractivity contribution in [3.05, 3.63) is 35.9 Å². The first kappa shape index (κ1) is 7.92. The zero-order valence-corrected chi connectivity index (χ0v) is 7.41. The van der Waals surface area contributed by atoms with E-state index in [1.165, 1.54) is 5.56 Å². The van der Waals surface area contributed by atoms with Crippen LogP contribution in [0.15, 0.2) is 30.3 Å². The summed E-state index contributed by atoms with van der Waals surface area (Å²) in [6.45, 7) is 2.02. The summed E-state index contributed by atoms with van der Waals surface area (Å²) in [5.41, 5.74) is 7.18. The van der Waals surface area contributed by atoms with Crippen molar-refractivity contribution in [3.8, 4) is 5.75 Å². The summed E-state index contributed by atoms with van der Waals surface area (Å²) in [6.07, 6.45) is 0. The summed E-state index contributed by atoms with van der Waals surface area (Å²) >= 11 is 0. The maximum atomic E-state index is 9.38. The van der Waals surface area contributed by atoms with Crippen LogP contribution in [0.5, 0.6) is 5.75 Å². The van der Waals surface area contributed by atoms with Crippen LogP contribution >= 0.6 is 0 Å². The Bertz CT molecular complexity index is 463. The highest BCUT2D eigenvalue weighted by atomic mass is 16.3. The summed E-state index contributed by atoms with van der Waals surface area (Å²) in [7, 11) is 0. The van der Waals surface area contributed by atoms with Gasteiger partial charge in [-0.05, 0) is 29.8 Å². The number of hydrogen-bond acceptors (Lipinski definition) is 2. The van der Waals surface area contributed by atoms with Crippen LogP contribution in [0.1, 0.15) is 5.56 Å². The lowest BCUT2D eigenvalue weighted by molar-refractivity contribution is 0.479. The summed E-state index contributed by atoms with van der Waals surface area (Å²) in [5.74, 6) is 0.151. The fourth-order valence-corrected chi connectivity index (χ4v) is 1.42. The maximum Gasteiger partial charge on any atom is 0.139 e. The molecule has 13 heavy (non-hydrogen) atoms. The van der Waals surface area contributed by atoms with Crippen molar-refractivity contribution in [1.82, 2.24) is 0 Å². The van der Waals surface area contributed by atoms with E-state index in [9.17, 15) is 5.11 Å². The Kier molecular flexibility index (Phi) is 1.62. The minimum absolute atomic E-state index is 0.151. The Balaban J connectivity index is 2.81. The molecule has 0 unspecified atom stereocenters. The topological polar surface area (TPSA) is 46.2 Å². The van der Waals surface area contributed by atoms with Crippen molar-refractivity contribution in [1.29, 1.82) is 0 Å². The molecule has 0 saturated carbocycles. The van der Waals surface area contributed by atoms with E-state index >= 15 is 0 Å². The highest BCUT2D eigenvalue weighted by Crippen LogP contribution is 2.27. The summed E-state index contributed by atoms with van der Waals surface area (Å²) in [4.78, 5) is 0. The largest absolute Gasteiger partial charge is 0.506 e. The second-order valence-corrected chi connectivity index (χ2v) is 3.26. The normalized spacial score (nSPS) is 10.5. The minimum Gasteiger partial charge on any atom is -0.506 e. The van der Waals surface area contributed by atoms with E-state index in [2.05, 4.69) is 0 Å². The van der Waals surface area contributed by atoms with Crippen LogP contribution < -0.4 is 5.73 Å². The third-order valence-electron chi connectivity index (χ3n) is 2.14. The Hall–Kier alpha value is -1.70. The maximum absolute atomic E-state index is 9.38. The minimum atomic E-state index is 0.151. The second kappa shape index (κ2) is 2.66. The predicted octanol–water partition coefficient (Wildman–Crippen LogP) is 2.44. The average Bonchev–Trinajstić information content (AvgIpc) is 2.08. The molecule has 2 heteroatoms. The van der Waals surface area contributed by atoms with Crippen LogP contribution in [0, 0.1) is 6.92 Å². The van der Waals surface area contributed by atoms with Crippen LogP contribution in [0.4, 0.5) is 5.69 Å². The van der Waals surface area contributed by atoms with Crippen molar-refractivity contribution < 1.29 is 5.11 Å². The molecule has 0 aliphatic heterocycles. The predicted molar refractivity (Wildman–Crippen MR) is 54.8 cm³/mol. The van der Waals surface area contributed by atoms with Crippen molar-refractivity contribution in [2.75, 3.05) is 5.73 Å². The number of phenolic OH excluding ortho intramolecular Hbond substituents is 1. The van der Waals surface area contributed by atoms with Crippen molar-refractivity contribution in [2.24, 2.45) is 0 Å². The molecule has 0 atom stereocenters. The van der Waals surface area contributed by atoms with Gasteiger partial charge in [-0.1, -0.05) is 23.8 Å². The highest BCUT2D eigenvalue weighted by Gasteiger charge is 1.99. The van der Waals surface area contributed by atoms with Gasteiger partial charge in [-0.25, -0.2) is 0 Å².